The molecule has 2 fully saturated rings. The van der Waals surface area contributed by atoms with Crippen LogP contribution in [0.25, 0.3) is 0 Å². The lowest BCUT2D eigenvalue weighted by molar-refractivity contribution is -0.100. The van der Waals surface area contributed by atoms with E-state index in [9.17, 15) is 4.79 Å². The standard InChI is InChI=1S/C17H22ClNO5/c1-21-14-10-11(9-12(18)15(14)22-2)16(20)19-6-4-3-5-13(19)17-23-7-8-24-17/h9-10,13,17H,3-8H2,1-2H3. The van der Waals surface area contributed by atoms with Crippen LogP contribution in [0.3, 0.4) is 0 Å². The van der Waals surface area contributed by atoms with Gasteiger partial charge in [-0.3, -0.25) is 4.79 Å². The summed E-state index contributed by atoms with van der Waals surface area (Å²) in [4.78, 5) is 14.9. The Morgan fingerprint density at radius 1 is 1.21 bits per heavy atom. The minimum atomic E-state index is -0.343. The number of halogens is 1. The molecule has 7 heteroatoms. The van der Waals surface area contributed by atoms with Crippen molar-refractivity contribution in [2.24, 2.45) is 0 Å². The molecule has 0 radical (unpaired) electrons. The third-order valence-electron chi connectivity index (χ3n) is 4.45. The maximum absolute atomic E-state index is 13.0. The van der Waals surface area contributed by atoms with E-state index in [1.165, 1.54) is 14.2 Å². The molecule has 0 N–H and O–H groups in total. The number of benzene rings is 1. The molecule has 1 unspecified atom stereocenters. The summed E-state index contributed by atoms with van der Waals surface area (Å²) >= 11 is 6.23. The lowest BCUT2D eigenvalue weighted by Gasteiger charge is -2.38. The van der Waals surface area contributed by atoms with Crippen molar-refractivity contribution in [3.63, 3.8) is 0 Å². The summed E-state index contributed by atoms with van der Waals surface area (Å²) in [5.41, 5.74) is 0.475. The fourth-order valence-corrected chi connectivity index (χ4v) is 3.59. The molecule has 1 amide bonds. The highest BCUT2D eigenvalue weighted by Gasteiger charge is 2.36. The summed E-state index contributed by atoms with van der Waals surface area (Å²) in [6, 6.07) is 3.21. The van der Waals surface area contributed by atoms with Crippen molar-refractivity contribution >= 4 is 17.5 Å². The highest BCUT2D eigenvalue weighted by molar-refractivity contribution is 6.32. The van der Waals surface area contributed by atoms with Crippen molar-refractivity contribution in [2.45, 2.75) is 31.6 Å². The molecule has 0 spiro atoms. The highest BCUT2D eigenvalue weighted by atomic mass is 35.5. The van der Waals surface area contributed by atoms with Crippen LogP contribution in [0.2, 0.25) is 5.02 Å². The van der Waals surface area contributed by atoms with Crippen LogP contribution in [0.1, 0.15) is 29.6 Å². The van der Waals surface area contributed by atoms with Gasteiger partial charge in [-0.2, -0.15) is 0 Å². The first-order chi connectivity index (χ1) is 11.7. The van der Waals surface area contributed by atoms with Gasteiger partial charge in [-0.1, -0.05) is 11.6 Å². The number of likely N-dealkylation sites (tertiary alicyclic amines) is 1. The number of carbonyl (C=O) groups is 1. The fourth-order valence-electron chi connectivity index (χ4n) is 3.30. The highest BCUT2D eigenvalue weighted by Crippen LogP contribution is 2.37. The van der Waals surface area contributed by atoms with Crippen LogP contribution in [0.15, 0.2) is 12.1 Å². The second kappa shape index (κ2) is 7.59. The maximum atomic E-state index is 13.0. The summed E-state index contributed by atoms with van der Waals surface area (Å²) in [6.07, 6.45) is 2.56. The molecule has 3 rings (SSSR count). The smallest absolute Gasteiger partial charge is 0.254 e. The molecular formula is C17H22ClNO5. The lowest BCUT2D eigenvalue weighted by atomic mass is 10.00. The molecule has 0 aliphatic carbocycles. The van der Waals surface area contributed by atoms with Gasteiger partial charge in [0.1, 0.15) is 0 Å². The maximum Gasteiger partial charge on any atom is 0.254 e. The SMILES string of the molecule is COc1cc(C(=O)N2CCCCC2C2OCCO2)cc(Cl)c1OC. The van der Waals surface area contributed by atoms with E-state index in [0.717, 1.165) is 19.3 Å². The second-order valence-electron chi connectivity index (χ2n) is 5.87. The Morgan fingerprint density at radius 2 is 1.96 bits per heavy atom. The molecule has 1 aromatic carbocycles. The third-order valence-corrected chi connectivity index (χ3v) is 4.73. The van der Waals surface area contributed by atoms with E-state index in [-0.39, 0.29) is 18.2 Å². The van der Waals surface area contributed by atoms with Crippen LogP contribution in [0.4, 0.5) is 0 Å². The molecule has 0 saturated carbocycles. The minimum absolute atomic E-state index is 0.0689. The van der Waals surface area contributed by atoms with Gasteiger partial charge in [-0.15, -0.1) is 0 Å². The Labute approximate surface area is 146 Å². The predicted octanol–water partition coefficient (Wildman–Crippen LogP) is 2.72. The van der Waals surface area contributed by atoms with Crippen LogP contribution >= 0.6 is 11.6 Å². The molecule has 0 bridgehead atoms. The number of piperidine rings is 1. The molecule has 6 nitrogen and oxygen atoms in total. The average molecular weight is 356 g/mol. The van der Waals surface area contributed by atoms with Crippen LogP contribution < -0.4 is 9.47 Å². The number of nitrogens with zero attached hydrogens (tertiary/aromatic N) is 1. The molecule has 2 heterocycles. The summed E-state index contributed by atoms with van der Waals surface area (Å²) in [7, 11) is 3.03. The molecular weight excluding hydrogens is 334 g/mol. The van der Waals surface area contributed by atoms with Crippen molar-refractivity contribution in [3.8, 4) is 11.5 Å². The molecule has 2 saturated heterocycles. The van der Waals surface area contributed by atoms with Crippen LogP contribution in [-0.2, 0) is 9.47 Å². The van der Waals surface area contributed by atoms with Gasteiger partial charge in [0, 0.05) is 12.1 Å². The van der Waals surface area contributed by atoms with Crippen molar-refractivity contribution in [3.05, 3.63) is 22.7 Å². The summed E-state index contributed by atoms with van der Waals surface area (Å²) in [5, 5.41) is 0.349. The quantitative estimate of drug-likeness (QED) is 0.831. The van der Waals surface area contributed by atoms with E-state index in [1.54, 1.807) is 12.1 Å². The van der Waals surface area contributed by atoms with Gasteiger partial charge >= 0.3 is 0 Å². The zero-order valence-electron chi connectivity index (χ0n) is 13.9. The van der Waals surface area contributed by atoms with E-state index < -0.39 is 0 Å². The van der Waals surface area contributed by atoms with Gasteiger partial charge in [0.2, 0.25) is 0 Å². The van der Waals surface area contributed by atoms with E-state index >= 15 is 0 Å². The Kier molecular flexibility index (Phi) is 5.48. The minimum Gasteiger partial charge on any atom is -0.493 e. The normalized spacial score (nSPS) is 21.8. The van der Waals surface area contributed by atoms with Crippen molar-refractivity contribution in [2.75, 3.05) is 34.0 Å². The second-order valence-corrected chi connectivity index (χ2v) is 6.27. The van der Waals surface area contributed by atoms with E-state index in [2.05, 4.69) is 0 Å². The number of methoxy groups -OCH3 is 2. The lowest BCUT2D eigenvalue weighted by Crippen LogP contribution is -2.50. The van der Waals surface area contributed by atoms with Gasteiger partial charge < -0.3 is 23.8 Å². The summed E-state index contributed by atoms with van der Waals surface area (Å²) in [5.74, 6) is 0.769. The summed E-state index contributed by atoms with van der Waals surface area (Å²) < 4.78 is 21.8. The van der Waals surface area contributed by atoms with E-state index in [0.29, 0.717) is 41.8 Å². The zero-order valence-corrected chi connectivity index (χ0v) is 14.7. The van der Waals surface area contributed by atoms with Crippen LogP contribution in [-0.4, -0.2) is 57.1 Å². The summed E-state index contributed by atoms with van der Waals surface area (Å²) in [6.45, 7) is 1.83. The first kappa shape index (κ1) is 17.3. The van der Waals surface area contributed by atoms with Gasteiger partial charge in [0.15, 0.2) is 17.8 Å². The Morgan fingerprint density at radius 3 is 2.62 bits per heavy atom. The van der Waals surface area contributed by atoms with Crippen LogP contribution in [0, 0.1) is 0 Å². The molecule has 132 valence electrons. The number of rotatable bonds is 4. The fraction of sp³-hybridized carbons (Fsp3) is 0.588. The number of hydrogen-bond acceptors (Lipinski definition) is 5. The molecule has 2 aliphatic heterocycles. The zero-order chi connectivity index (χ0) is 17.1. The molecule has 0 aromatic heterocycles. The largest absolute Gasteiger partial charge is 0.493 e. The Hall–Kier alpha value is -1.50. The van der Waals surface area contributed by atoms with E-state index in [1.807, 2.05) is 4.90 Å². The van der Waals surface area contributed by atoms with Crippen molar-refractivity contribution in [1.29, 1.82) is 0 Å². The molecule has 1 atom stereocenters. The van der Waals surface area contributed by atoms with Gasteiger partial charge in [0.25, 0.3) is 5.91 Å². The van der Waals surface area contributed by atoms with Crippen molar-refractivity contribution in [1.82, 2.24) is 4.90 Å². The van der Waals surface area contributed by atoms with Crippen molar-refractivity contribution < 1.29 is 23.7 Å². The third kappa shape index (κ3) is 3.31. The Bertz CT molecular complexity index is 603. The number of hydrogen-bond donors (Lipinski definition) is 0. The predicted molar refractivity (Wildman–Crippen MR) is 88.9 cm³/mol. The molecule has 2 aliphatic rings. The molecule has 24 heavy (non-hydrogen) atoms. The van der Waals surface area contributed by atoms with E-state index in [4.69, 9.17) is 30.5 Å². The Balaban J connectivity index is 1.87. The van der Waals surface area contributed by atoms with Crippen LogP contribution in [0.5, 0.6) is 11.5 Å². The van der Waals surface area contributed by atoms with Gasteiger partial charge in [-0.05, 0) is 31.4 Å². The molecule has 1 aromatic rings. The number of amides is 1. The average Bonchev–Trinajstić information content (AvgIpc) is 3.14. The first-order valence-corrected chi connectivity index (χ1v) is 8.49. The number of ether oxygens (including phenoxy) is 4. The van der Waals surface area contributed by atoms with Gasteiger partial charge in [0.05, 0.1) is 38.5 Å². The van der Waals surface area contributed by atoms with Gasteiger partial charge in [-0.25, -0.2) is 0 Å². The number of carbonyl (C=O) groups excluding carboxylic acids is 1. The monoisotopic (exact) mass is 355 g/mol. The first-order valence-electron chi connectivity index (χ1n) is 8.11. The topological polar surface area (TPSA) is 57.2 Å².